The lowest BCUT2D eigenvalue weighted by Gasteiger charge is -2.28. The molecule has 0 radical (unpaired) electrons. The van der Waals surface area contributed by atoms with Crippen molar-refractivity contribution in [3.8, 4) is 0 Å². The molecule has 1 aromatic carbocycles. The van der Waals surface area contributed by atoms with E-state index in [1.807, 2.05) is 37.3 Å². The first kappa shape index (κ1) is 16.4. The molecule has 22 heavy (non-hydrogen) atoms. The quantitative estimate of drug-likeness (QED) is 0.643. The molecule has 1 aliphatic heterocycles. The monoisotopic (exact) mass is 303 g/mol. The molecule has 1 N–H and O–H groups in total. The number of likely N-dealkylation sites (tertiary alicyclic amines) is 1. The first-order valence-electron chi connectivity index (χ1n) is 7.76. The number of nitrogens with one attached hydrogen (secondary N) is 1. The lowest BCUT2D eigenvalue weighted by molar-refractivity contribution is -0.780. The Balaban J connectivity index is 1.80. The fraction of sp³-hybridized carbons (Fsp3) is 0.471. The van der Waals surface area contributed by atoms with Crippen LogP contribution in [0.5, 0.6) is 0 Å². The van der Waals surface area contributed by atoms with Crippen LogP contribution in [0.2, 0.25) is 0 Å². The maximum atomic E-state index is 12.3. The lowest BCUT2D eigenvalue weighted by Crippen LogP contribution is -2.54. The Morgan fingerprint density at radius 2 is 2.00 bits per heavy atom. The van der Waals surface area contributed by atoms with Gasteiger partial charge in [-0.2, -0.15) is 4.48 Å². The summed E-state index contributed by atoms with van der Waals surface area (Å²) in [6.45, 7) is 2.95. The van der Waals surface area contributed by atoms with Crippen LogP contribution in [0.15, 0.2) is 30.3 Å². The fourth-order valence-corrected chi connectivity index (χ4v) is 3.00. The van der Waals surface area contributed by atoms with Gasteiger partial charge in [0.05, 0.1) is 13.0 Å². The Labute approximate surface area is 130 Å². The number of quaternary nitrogens is 1. The molecule has 0 aromatic heterocycles. The van der Waals surface area contributed by atoms with Crippen molar-refractivity contribution < 1.29 is 18.9 Å². The van der Waals surface area contributed by atoms with Gasteiger partial charge in [-0.25, -0.2) is 9.59 Å². The summed E-state index contributed by atoms with van der Waals surface area (Å²) in [5, 5.41) is 2.80. The van der Waals surface area contributed by atoms with Gasteiger partial charge >= 0.3 is 12.3 Å². The molecular weight excluding hydrogens is 280 g/mol. The van der Waals surface area contributed by atoms with Gasteiger partial charge in [0.2, 0.25) is 5.91 Å². The third-order valence-corrected chi connectivity index (χ3v) is 4.49. The SMILES string of the molecule is C[C@@H]1CCC[N+]1(C=O)C(=O)CCC(=O)NCc1ccccc1. The first-order valence-corrected chi connectivity index (χ1v) is 7.76. The second kappa shape index (κ2) is 7.31. The predicted molar refractivity (Wildman–Crippen MR) is 82.4 cm³/mol. The van der Waals surface area contributed by atoms with E-state index < -0.39 is 0 Å². The average molecular weight is 303 g/mol. The van der Waals surface area contributed by atoms with Crippen LogP contribution >= 0.6 is 0 Å². The number of carbonyl (C=O) groups excluding carboxylic acids is 3. The van der Waals surface area contributed by atoms with Crippen molar-refractivity contribution in [2.75, 3.05) is 6.54 Å². The smallest absolute Gasteiger partial charge is 0.321 e. The largest absolute Gasteiger partial charge is 0.352 e. The van der Waals surface area contributed by atoms with Crippen molar-refractivity contribution in [3.05, 3.63) is 35.9 Å². The molecule has 1 aromatic rings. The topological polar surface area (TPSA) is 63.2 Å². The van der Waals surface area contributed by atoms with Crippen LogP contribution in [0.3, 0.4) is 0 Å². The molecule has 1 fully saturated rings. The predicted octanol–water partition coefficient (Wildman–Crippen LogP) is 1.77. The highest BCUT2D eigenvalue weighted by Crippen LogP contribution is 2.26. The van der Waals surface area contributed by atoms with Crippen LogP contribution in [0, 0.1) is 0 Å². The van der Waals surface area contributed by atoms with Gasteiger partial charge in [0.15, 0.2) is 0 Å². The van der Waals surface area contributed by atoms with Crippen molar-refractivity contribution in [2.24, 2.45) is 0 Å². The van der Waals surface area contributed by atoms with Crippen LogP contribution in [0.4, 0.5) is 0 Å². The average Bonchev–Trinajstić information content (AvgIpc) is 2.93. The maximum absolute atomic E-state index is 12.3. The molecule has 1 heterocycles. The van der Waals surface area contributed by atoms with Gasteiger partial charge in [0.1, 0.15) is 6.04 Å². The van der Waals surface area contributed by atoms with Gasteiger partial charge in [-0.1, -0.05) is 30.3 Å². The zero-order chi connectivity index (χ0) is 16.0. The minimum atomic E-state index is -0.159. The number of amides is 3. The Bertz CT molecular complexity index is 544. The van der Waals surface area contributed by atoms with Crippen LogP contribution in [-0.2, 0) is 20.9 Å². The molecule has 5 nitrogen and oxygen atoms in total. The van der Waals surface area contributed by atoms with E-state index in [0.717, 1.165) is 24.8 Å². The van der Waals surface area contributed by atoms with Crippen molar-refractivity contribution in [1.29, 1.82) is 0 Å². The number of hydrogen-bond acceptors (Lipinski definition) is 3. The van der Waals surface area contributed by atoms with Gasteiger partial charge in [-0.15, -0.1) is 0 Å². The van der Waals surface area contributed by atoms with Crippen molar-refractivity contribution in [2.45, 2.75) is 45.2 Å². The molecule has 0 bridgehead atoms. The van der Waals surface area contributed by atoms with Gasteiger partial charge in [0, 0.05) is 25.8 Å². The zero-order valence-electron chi connectivity index (χ0n) is 13.0. The third-order valence-electron chi connectivity index (χ3n) is 4.49. The summed E-state index contributed by atoms with van der Waals surface area (Å²) in [5.41, 5.74) is 1.02. The third kappa shape index (κ3) is 3.60. The second-order valence-corrected chi connectivity index (χ2v) is 5.91. The van der Waals surface area contributed by atoms with E-state index in [2.05, 4.69) is 5.32 Å². The number of carbonyl (C=O) groups is 3. The summed E-state index contributed by atoms with van der Waals surface area (Å²) < 4.78 is -0.119. The molecule has 0 spiro atoms. The summed E-state index contributed by atoms with van der Waals surface area (Å²) in [6, 6.07) is 9.64. The van der Waals surface area contributed by atoms with Crippen LogP contribution in [0.1, 0.15) is 38.2 Å². The number of rotatable bonds is 6. The van der Waals surface area contributed by atoms with E-state index in [1.54, 1.807) is 0 Å². The second-order valence-electron chi connectivity index (χ2n) is 5.91. The standard InChI is InChI=1S/C17H22N2O3/c1-14-6-5-11-19(14,13-20)17(22)10-9-16(21)18-12-15-7-3-2-4-8-15/h2-4,7-8,13-14H,5-6,9-12H2,1H3/p+1/t14-,19?/m1/s1. The molecule has 2 atom stereocenters. The first-order chi connectivity index (χ1) is 10.6. The summed E-state index contributed by atoms with van der Waals surface area (Å²) >= 11 is 0. The highest BCUT2D eigenvalue weighted by molar-refractivity contribution is 5.83. The van der Waals surface area contributed by atoms with E-state index in [0.29, 0.717) is 13.1 Å². The van der Waals surface area contributed by atoms with Crippen molar-refractivity contribution in [3.63, 3.8) is 0 Å². The molecule has 1 unspecified atom stereocenters. The Morgan fingerprint density at radius 1 is 1.27 bits per heavy atom. The number of benzene rings is 1. The highest BCUT2D eigenvalue weighted by Gasteiger charge is 2.45. The maximum Gasteiger partial charge on any atom is 0.321 e. The van der Waals surface area contributed by atoms with E-state index in [9.17, 15) is 14.4 Å². The van der Waals surface area contributed by atoms with E-state index in [-0.39, 0.29) is 35.2 Å². The Kier molecular flexibility index (Phi) is 5.44. The number of nitrogens with zero attached hydrogens (tertiary/aromatic N) is 1. The van der Waals surface area contributed by atoms with E-state index in [1.165, 1.54) is 0 Å². The Morgan fingerprint density at radius 3 is 2.59 bits per heavy atom. The van der Waals surface area contributed by atoms with E-state index in [4.69, 9.17) is 0 Å². The lowest BCUT2D eigenvalue weighted by atomic mass is 10.2. The van der Waals surface area contributed by atoms with Crippen molar-refractivity contribution in [1.82, 2.24) is 5.32 Å². The van der Waals surface area contributed by atoms with Gasteiger partial charge in [-0.05, 0) is 12.5 Å². The normalized spacial score (nSPS) is 24.0. The van der Waals surface area contributed by atoms with Gasteiger partial charge < -0.3 is 5.32 Å². The van der Waals surface area contributed by atoms with Crippen LogP contribution in [0.25, 0.3) is 0 Å². The van der Waals surface area contributed by atoms with Gasteiger partial charge in [0.25, 0.3) is 0 Å². The molecule has 118 valence electrons. The minimum absolute atomic E-state index is 0.0254. The zero-order valence-corrected chi connectivity index (χ0v) is 13.0. The van der Waals surface area contributed by atoms with E-state index >= 15 is 0 Å². The number of imide groups is 1. The molecule has 0 saturated carbocycles. The fourth-order valence-electron chi connectivity index (χ4n) is 3.00. The molecular formula is C17H23N2O3+. The van der Waals surface area contributed by atoms with Crippen LogP contribution in [-0.4, -0.2) is 35.3 Å². The Hall–Kier alpha value is -2.01. The van der Waals surface area contributed by atoms with Gasteiger partial charge in [-0.3, -0.25) is 4.79 Å². The molecule has 2 rings (SSSR count). The molecule has 3 amide bonds. The summed E-state index contributed by atoms with van der Waals surface area (Å²) in [7, 11) is 0. The summed E-state index contributed by atoms with van der Waals surface area (Å²) in [5.74, 6) is -0.303. The summed E-state index contributed by atoms with van der Waals surface area (Å²) in [6.07, 6.45) is 2.76. The molecule has 1 aliphatic rings. The summed E-state index contributed by atoms with van der Waals surface area (Å²) in [4.78, 5) is 35.6. The molecule has 1 saturated heterocycles. The van der Waals surface area contributed by atoms with Crippen LogP contribution < -0.4 is 5.32 Å². The van der Waals surface area contributed by atoms with Crippen molar-refractivity contribution >= 4 is 18.2 Å². The number of hydrogen-bond donors (Lipinski definition) is 1. The molecule has 5 heteroatoms. The minimum Gasteiger partial charge on any atom is -0.352 e. The molecule has 0 aliphatic carbocycles. The highest BCUT2D eigenvalue weighted by atomic mass is 16.2.